The quantitative estimate of drug-likeness (QED) is 0.497. The molecule has 0 saturated heterocycles. The molecule has 0 fully saturated rings. The standard InChI is InChI=1S/C18H19FN4O/c1-24-15-5-3-14(4-6-15)23-18(20)21-9-8-12-11-22-17-10-13(19)2-7-16(12)17/h2-7,10-11,22H,8-9H2,1H3,(H3,20,21,23). The van der Waals surface area contributed by atoms with Crippen molar-refractivity contribution in [1.82, 2.24) is 4.98 Å². The van der Waals surface area contributed by atoms with Crippen molar-refractivity contribution in [1.29, 1.82) is 0 Å². The monoisotopic (exact) mass is 326 g/mol. The summed E-state index contributed by atoms with van der Waals surface area (Å²) in [5.74, 6) is 0.889. The van der Waals surface area contributed by atoms with Crippen LogP contribution in [0.15, 0.2) is 53.7 Å². The molecule has 0 aliphatic rings. The normalized spacial score (nSPS) is 11.7. The molecular weight excluding hydrogens is 307 g/mol. The average Bonchev–Trinajstić information content (AvgIpc) is 2.97. The number of halogens is 1. The number of fused-ring (bicyclic) bond motifs is 1. The van der Waals surface area contributed by atoms with Crippen molar-refractivity contribution in [3.05, 3.63) is 60.0 Å². The number of rotatable bonds is 5. The summed E-state index contributed by atoms with van der Waals surface area (Å²) in [6.45, 7) is 0.541. The van der Waals surface area contributed by atoms with E-state index in [2.05, 4.69) is 15.3 Å². The van der Waals surface area contributed by atoms with Crippen LogP contribution < -0.4 is 15.8 Å². The highest BCUT2D eigenvalue weighted by Gasteiger charge is 2.04. The SMILES string of the molecule is COc1ccc(NC(N)=NCCc2c[nH]c3cc(F)ccc23)cc1. The summed E-state index contributed by atoms with van der Waals surface area (Å²) in [7, 11) is 1.62. The number of aromatic nitrogens is 1. The highest BCUT2D eigenvalue weighted by Crippen LogP contribution is 2.19. The van der Waals surface area contributed by atoms with Crippen LogP contribution in [0.4, 0.5) is 10.1 Å². The molecule has 0 aliphatic carbocycles. The van der Waals surface area contributed by atoms with Crippen molar-refractivity contribution < 1.29 is 9.13 Å². The van der Waals surface area contributed by atoms with Gasteiger partial charge in [-0.1, -0.05) is 0 Å². The van der Waals surface area contributed by atoms with Crippen LogP contribution in [-0.2, 0) is 6.42 Å². The summed E-state index contributed by atoms with van der Waals surface area (Å²) in [5.41, 5.74) is 8.62. The Morgan fingerprint density at radius 1 is 1.25 bits per heavy atom. The van der Waals surface area contributed by atoms with Gasteiger partial charge >= 0.3 is 0 Å². The Balaban J connectivity index is 1.60. The van der Waals surface area contributed by atoms with Gasteiger partial charge in [0.1, 0.15) is 11.6 Å². The van der Waals surface area contributed by atoms with Crippen molar-refractivity contribution in [2.45, 2.75) is 6.42 Å². The molecule has 0 atom stereocenters. The van der Waals surface area contributed by atoms with Crippen LogP contribution in [-0.4, -0.2) is 24.6 Å². The topological polar surface area (TPSA) is 75.4 Å². The van der Waals surface area contributed by atoms with Crippen molar-refractivity contribution in [3.8, 4) is 5.75 Å². The van der Waals surface area contributed by atoms with Gasteiger partial charge in [-0.2, -0.15) is 0 Å². The van der Waals surface area contributed by atoms with E-state index in [9.17, 15) is 4.39 Å². The Morgan fingerprint density at radius 3 is 2.79 bits per heavy atom. The maximum absolute atomic E-state index is 13.2. The molecule has 0 unspecified atom stereocenters. The Kier molecular flexibility index (Phi) is 4.65. The zero-order chi connectivity index (χ0) is 16.9. The van der Waals surface area contributed by atoms with Gasteiger partial charge in [0.25, 0.3) is 0 Å². The minimum atomic E-state index is -0.248. The van der Waals surface area contributed by atoms with Gasteiger partial charge in [-0.15, -0.1) is 0 Å². The maximum atomic E-state index is 13.2. The van der Waals surface area contributed by atoms with E-state index in [0.29, 0.717) is 12.5 Å². The molecule has 0 aliphatic heterocycles. The fourth-order valence-corrected chi connectivity index (χ4v) is 2.52. The third-order valence-corrected chi connectivity index (χ3v) is 3.76. The smallest absolute Gasteiger partial charge is 0.193 e. The third kappa shape index (κ3) is 3.65. The summed E-state index contributed by atoms with van der Waals surface area (Å²) >= 11 is 0. The second kappa shape index (κ2) is 7.04. The molecule has 124 valence electrons. The number of nitrogens with one attached hydrogen (secondary N) is 2. The predicted molar refractivity (Wildman–Crippen MR) is 95.1 cm³/mol. The van der Waals surface area contributed by atoms with E-state index in [1.807, 2.05) is 30.5 Å². The van der Waals surface area contributed by atoms with Gasteiger partial charge < -0.3 is 20.8 Å². The van der Waals surface area contributed by atoms with Crippen molar-refractivity contribution in [2.24, 2.45) is 10.7 Å². The van der Waals surface area contributed by atoms with Crippen LogP contribution in [0.1, 0.15) is 5.56 Å². The lowest BCUT2D eigenvalue weighted by Crippen LogP contribution is -2.23. The van der Waals surface area contributed by atoms with Crippen molar-refractivity contribution in [2.75, 3.05) is 19.0 Å². The predicted octanol–water partition coefficient (Wildman–Crippen LogP) is 3.28. The summed E-state index contributed by atoms with van der Waals surface area (Å²) in [4.78, 5) is 7.40. The van der Waals surface area contributed by atoms with E-state index in [1.165, 1.54) is 12.1 Å². The molecule has 0 bridgehead atoms. The van der Waals surface area contributed by atoms with Crippen LogP contribution in [0.3, 0.4) is 0 Å². The van der Waals surface area contributed by atoms with Crippen LogP contribution in [0, 0.1) is 5.82 Å². The second-order valence-electron chi connectivity index (χ2n) is 5.37. The molecule has 0 saturated carbocycles. The lowest BCUT2D eigenvalue weighted by Gasteiger charge is -2.06. The van der Waals surface area contributed by atoms with Gasteiger partial charge in [-0.25, -0.2) is 4.39 Å². The zero-order valence-corrected chi connectivity index (χ0v) is 13.3. The highest BCUT2D eigenvalue weighted by atomic mass is 19.1. The number of nitrogens with two attached hydrogens (primary N) is 1. The fourth-order valence-electron chi connectivity index (χ4n) is 2.52. The largest absolute Gasteiger partial charge is 0.497 e. The number of methoxy groups -OCH3 is 1. The number of aromatic amines is 1. The lowest BCUT2D eigenvalue weighted by atomic mass is 10.1. The van der Waals surface area contributed by atoms with Gasteiger partial charge in [0.05, 0.1) is 7.11 Å². The molecule has 3 aromatic rings. The number of H-pyrrole nitrogens is 1. The molecule has 24 heavy (non-hydrogen) atoms. The number of benzene rings is 2. The first kappa shape index (κ1) is 15.9. The van der Waals surface area contributed by atoms with E-state index < -0.39 is 0 Å². The number of hydrogen-bond acceptors (Lipinski definition) is 2. The first-order valence-electron chi connectivity index (χ1n) is 7.62. The number of guanidine groups is 1. The molecule has 0 radical (unpaired) electrons. The maximum Gasteiger partial charge on any atom is 0.193 e. The summed E-state index contributed by atoms with van der Waals surface area (Å²) in [6, 6.07) is 12.2. The summed E-state index contributed by atoms with van der Waals surface area (Å²) in [6.07, 6.45) is 2.60. The Hall–Kier alpha value is -3.02. The average molecular weight is 326 g/mol. The Labute approximate surface area is 139 Å². The number of anilines is 1. The van der Waals surface area contributed by atoms with Crippen molar-refractivity contribution >= 4 is 22.5 Å². The van der Waals surface area contributed by atoms with Crippen molar-refractivity contribution in [3.63, 3.8) is 0 Å². The highest BCUT2D eigenvalue weighted by molar-refractivity contribution is 5.92. The fraction of sp³-hybridized carbons (Fsp3) is 0.167. The number of aliphatic imine (C=N–C) groups is 1. The van der Waals surface area contributed by atoms with Gasteiger partial charge in [-0.3, -0.25) is 4.99 Å². The van der Waals surface area contributed by atoms with Crippen LogP contribution in [0.25, 0.3) is 10.9 Å². The Bertz CT molecular complexity index is 855. The number of ether oxygens (including phenoxy) is 1. The van der Waals surface area contributed by atoms with Gasteiger partial charge in [0.15, 0.2) is 5.96 Å². The van der Waals surface area contributed by atoms with Gasteiger partial charge in [0.2, 0.25) is 0 Å². The molecule has 5 nitrogen and oxygen atoms in total. The van der Waals surface area contributed by atoms with Crippen LogP contribution in [0.5, 0.6) is 5.75 Å². The van der Waals surface area contributed by atoms with E-state index in [1.54, 1.807) is 13.2 Å². The second-order valence-corrected chi connectivity index (χ2v) is 5.37. The van der Waals surface area contributed by atoms with E-state index >= 15 is 0 Å². The number of nitrogens with zero attached hydrogens (tertiary/aromatic N) is 1. The molecule has 0 spiro atoms. The minimum absolute atomic E-state index is 0.248. The minimum Gasteiger partial charge on any atom is -0.497 e. The molecular formula is C18H19FN4O. The summed E-state index contributed by atoms with van der Waals surface area (Å²) < 4.78 is 18.3. The van der Waals surface area contributed by atoms with Crippen LogP contribution in [0.2, 0.25) is 0 Å². The molecule has 4 N–H and O–H groups in total. The molecule has 2 aromatic carbocycles. The van der Waals surface area contributed by atoms with E-state index in [-0.39, 0.29) is 5.82 Å². The summed E-state index contributed by atoms with van der Waals surface area (Å²) in [5, 5.41) is 4.04. The third-order valence-electron chi connectivity index (χ3n) is 3.76. The molecule has 6 heteroatoms. The molecule has 0 amide bonds. The van der Waals surface area contributed by atoms with E-state index in [4.69, 9.17) is 10.5 Å². The first-order valence-corrected chi connectivity index (χ1v) is 7.62. The van der Waals surface area contributed by atoms with Gasteiger partial charge in [0, 0.05) is 29.3 Å². The molecule has 3 rings (SSSR count). The Morgan fingerprint density at radius 2 is 2.04 bits per heavy atom. The van der Waals surface area contributed by atoms with E-state index in [0.717, 1.165) is 34.3 Å². The molecule has 1 aromatic heterocycles. The molecule has 1 heterocycles. The van der Waals surface area contributed by atoms with Gasteiger partial charge in [-0.05, 0) is 54.4 Å². The first-order chi connectivity index (χ1) is 11.7. The zero-order valence-electron chi connectivity index (χ0n) is 13.3. The number of hydrogen-bond donors (Lipinski definition) is 3. The van der Waals surface area contributed by atoms with Crippen LogP contribution >= 0.6 is 0 Å². The lowest BCUT2D eigenvalue weighted by molar-refractivity contribution is 0.415.